The predicted octanol–water partition coefficient (Wildman–Crippen LogP) is 0.550. The summed E-state index contributed by atoms with van der Waals surface area (Å²) in [6, 6.07) is 0.278. The molecule has 6 N–H and O–H groups in total. The Morgan fingerprint density at radius 2 is 1.78 bits per heavy atom. The molecule has 3 fully saturated rings. The molecule has 0 aromatic heterocycles. The van der Waals surface area contributed by atoms with Crippen LogP contribution in [0.15, 0.2) is 0 Å². The van der Waals surface area contributed by atoms with Crippen LogP contribution in [0.4, 0.5) is 4.79 Å². The summed E-state index contributed by atoms with van der Waals surface area (Å²) in [7, 11) is -4.26. The predicted molar refractivity (Wildman–Crippen MR) is 134 cm³/mol. The number of fused-ring (bicyclic) bond motifs is 1. The number of hydrogen-bond acceptors (Lipinski definition) is 10. The van der Waals surface area contributed by atoms with Gasteiger partial charge in [-0.3, -0.25) is 14.4 Å². The molecule has 0 aromatic rings. The average molecular weight is 561 g/mol. The van der Waals surface area contributed by atoms with Gasteiger partial charge in [-0.2, -0.15) is 11.8 Å². The van der Waals surface area contributed by atoms with Crippen molar-refractivity contribution in [2.24, 2.45) is 0 Å². The van der Waals surface area contributed by atoms with E-state index in [0.29, 0.717) is 37.5 Å². The van der Waals surface area contributed by atoms with Crippen LogP contribution in [0.25, 0.3) is 0 Å². The number of nitrogens with zero attached hydrogens (tertiary/aromatic N) is 1. The first-order valence-electron chi connectivity index (χ1n) is 11.6. The quantitative estimate of drug-likeness (QED) is 0.0801. The molecule has 3 rings (SSSR count). The van der Waals surface area contributed by atoms with Gasteiger partial charge in [0.2, 0.25) is 5.91 Å². The topological polar surface area (TPSA) is 195 Å². The fraction of sp³-hybridized carbons (Fsp3) is 0.750. The number of hydrogen-bond donors (Lipinski definition) is 6. The number of unbranched alkanes of at least 4 members (excludes halogenated alkanes) is 3. The van der Waals surface area contributed by atoms with Gasteiger partial charge in [0, 0.05) is 30.4 Å². The summed E-state index contributed by atoms with van der Waals surface area (Å²) in [5, 5.41) is 7.53. The van der Waals surface area contributed by atoms with Crippen LogP contribution in [-0.2, 0) is 24.0 Å². The van der Waals surface area contributed by atoms with Crippen molar-refractivity contribution in [1.29, 1.82) is 0 Å². The molecule has 0 saturated carbocycles. The molecule has 3 aliphatic heterocycles. The second-order valence-corrected chi connectivity index (χ2v) is 11.7. The molecule has 2 unspecified atom stereocenters. The minimum absolute atomic E-state index is 0. The van der Waals surface area contributed by atoms with E-state index >= 15 is 0 Å². The van der Waals surface area contributed by atoms with E-state index in [-0.39, 0.29) is 65.1 Å². The van der Waals surface area contributed by atoms with Crippen molar-refractivity contribution in [1.82, 2.24) is 21.0 Å². The zero-order valence-electron chi connectivity index (χ0n) is 19.1. The third-order valence-electron chi connectivity index (χ3n) is 6.10. The van der Waals surface area contributed by atoms with E-state index in [1.54, 1.807) is 0 Å². The van der Waals surface area contributed by atoms with Gasteiger partial charge in [0.05, 0.1) is 29.4 Å². The Kier molecular flexibility index (Phi) is 12.3. The molecule has 0 aliphatic carbocycles. The first kappa shape index (κ1) is 31.1. The van der Waals surface area contributed by atoms with Crippen molar-refractivity contribution in [2.45, 2.75) is 80.4 Å². The number of thioether (sulfide) groups is 1. The van der Waals surface area contributed by atoms with E-state index < -0.39 is 40.3 Å². The molecule has 0 bridgehead atoms. The molecule has 4 atom stereocenters. The first-order chi connectivity index (χ1) is 16.6. The van der Waals surface area contributed by atoms with Crippen molar-refractivity contribution in [2.75, 3.05) is 12.3 Å². The Hall–Kier alpha value is -1.07. The zero-order chi connectivity index (χ0) is 25.6. The Labute approximate surface area is 237 Å². The number of nitrogens with one attached hydrogen (secondary N) is 3. The fourth-order valence-corrected chi connectivity index (χ4v) is 6.51. The third kappa shape index (κ3) is 8.75. The van der Waals surface area contributed by atoms with Crippen molar-refractivity contribution in [3.8, 4) is 0 Å². The van der Waals surface area contributed by atoms with Crippen molar-refractivity contribution >= 4 is 81.9 Å². The van der Waals surface area contributed by atoms with E-state index in [1.165, 1.54) is 0 Å². The van der Waals surface area contributed by atoms with Gasteiger partial charge < -0.3 is 34.4 Å². The molecular weight excluding hydrogens is 527 g/mol. The summed E-state index contributed by atoms with van der Waals surface area (Å²) in [5.74, 6) is -2.04. The van der Waals surface area contributed by atoms with Gasteiger partial charge in [-0.15, -0.1) is 5.06 Å². The van der Waals surface area contributed by atoms with E-state index in [4.69, 9.17) is 4.84 Å². The minimum atomic E-state index is -4.26. The number of hydroxylamine groups is 2. The number of carbonyl (C=O) groups excluding carboxylic acids is 5. The Morgan fingerprint density at radius 3 is 2.47 bits per heavy atom. The van der Waals surface area contributed by atoms with Crippen molar-refractivity contribution in [3.63, 3.8) is 0 Å². The maximum absolute atomic E-state index is 12.0. The van der Waals surface area contributed by atoms with Gasteiger partial charge in [0.1, 0.15) is 5.25 Å². The molecule has 3 aliphatic rings. The van der Waals surface area contributed by atoms with Crippen LogP contribution in [0.5, 0.6) is 0 Å². The van der Waals surface area contributed by atoms with E-state index in [0.717, 1.165) is 25.0 Å². The average Bonchev–Trinajstić information content (AvgIpc) is 3.41. The number of carbonyl (C=O) groups is 5. The Morgan fingerprint density at radius 1 is 1.06 bits per heavy atom. The molecule has 3 heterocycles. The molecule has 3 saturated heterocycles. The van der Waals surface area contributed by atoms with E-state index in [9.17, 15) is 37.6 Å². The van der Waals surface area contributed by atoms with Crippen LogP contribution in [-0.4, -0.2) is 113 Å². The van der Waals surface area contributed by atoms with Gasteiger partial charge in [-0.1, -0.05) is 12.8 Å². The summed E-state index contributed by atoms with van der Waals surface area (Å²) < 4.78 is 27.5. The van der Waals surface area contributed by atoms with Crippen molar-refractivity contribution in [3.05, 3.63) is 0 Å². The Bertz CT molecular complexity index is 844. The van der Waals surface area contributed by atoms with Crippen molar-refractivity contribution < 1.29 is 42.5 Å². The summed E-state index contributed by atoms with van der Waals surface area (Å²) in [6.45, 7) is 0.465. The second-order valence-electron chi connectivity index (χ2n) is 8.77. The normalized spacial score (nSPS) is 25.6. The van der Waals surface area contributed by atoms with Gasteiger partial charge in [-0.05, 0) is 25.7 Å². The molecule has 0 radical (unpaired) electrons. The summed E-state index contributed by atoms with van der Waals surface area (Å²) in [5.41, 5.74) is 0. The van der Waals surface area contributed by atoms with Crippen LogP contribution in [0, 0.1) is 0 Å². The molecule has 200 valence electrons. The number of amides is 5. The van der Waals surface area contributed by atoms with Gasteiger partial charge >= 0.3 is 41.6 Å². The SMILES string of the molecule is O=C(CCCCC1SC[C@@H]2NC(=O)N[C@H]12)NCCCCCC(=O)ON1C(=O)CC(S(O)(O)O)C1=O.[NaH]. The summed E-state index contributed by atoms with van der Waals surface area (Å²) >= 11 is 1.85. The molecule has 13 nitrogen and oxygen atoms in total. The van der Waals surface area contributed by atoms with Crippen LogP contribution in [0.2, 0.25) is 0 Å². The van der Waals surface area contributed by atoms with E-state index in [1.807, 2.05) is 11.8 Å². The van der Waals surface area contributed by atoms with Crippen LogP contribution >= 0.6 is 22.6 Å². The molecule has 0 spiro atoms. The number of rotatable bonds is 13. The summed E-state index contributed by atoms with van der Waals surface area (Å²) in [6.07, 6.45) is 4.01. The van der Waals surface area contributed by atoms with Crippen LogP contribution in [0.3, 0.4) is 0 Å². The first-order valence-corrected chi connectivity index (χ1v) is 14.2. The van der Waals surface area contributed by atoms with E-state index in [2.05, 4.69) is 16.0 Å². The van der Waals surface area contributed by atoms with Gasteiger partial charge in [-0.25, -0.2) is 9.59 Å². The molecule has 5 amide bonds. The van der Waals surface area contributed by atoms with Crippen LogP contribution in [0.1, 0.15) is 57.8 Å². The molecule has 16 heteroatoms. The molecular formula is C20H33N4NaO9S2. The van der Waals surface area contributed by atoms with Crippen LogP contribution < -0.4 is 16.0 Å². The number of urea groups is 1. The molecule has 0 aromatic carbocycles. The zero-order valence-corrected chi connectivity index (χ0v) is 20.8. The molecule has 36 heavy (non-hydrogen) atoms. The Balaban J connectivity index is 0.00000456. The summed E-state index contributed by atoms with van der Waals surface area (Å²) in [4.78, 5) is 63.6. The van der Waals surface area contributed by atoms with Gasteiger partial charge in [0.15, 0.2) is 0 Å². The maximum atomic E-state index is 12.0. The number of imide groups is 1. The third-order valence-corrected chi connectivity index (χ3v) is 8.74. The monoisotopic (exact) mass is 560 g/mol. The van der Waals surface area contributed by atoms with Gasteiger partial charge in [0.25, 0.3) is 11.8 Å². The fourth-order valence-electron chi connectivity index (χ4n) is 4.23. The second kappa shape index (κ2) is 14.2. The standard InChI is InChI=1S/C20H32N4O9S2.Na.H/c25-15(7-4-3-6-13-18-12(11-34-13)22-20(29)23-18)21-9-5-1-2-8-17(27)33-24-16(26)10-14(19(24)28)35(30,31)32;;/h12-14,18,30-32H,1-11H2,(H,21,25)(H2,22,23,29);;/t12-,13?,14?,18-;;/m0../s1.